The summed E-state index contributed by atoms with van der Waals surface area (Å²) in [6.45, 7) is 0. The van der Waals surface area contributed by atoms with Crippen molar-refractivity contribution in [3.8, 4) is 17.0 Å². The summed E-state index contributed by atoms with van der Waals surface area (Å²) in [4.78, 5) is 4.13. The second kappa shape index (κ2) is 4.22. The lowest BCUT2D eigenvalue weighted by atomic mass is 10.1. The Morgan fingerprint density at radius 3 is 2.40 bits per heavy atom. The Kier molecular flexibility index (Phi) is 2.63. The van der Waals surface area contributed by atoms with Crippen molar-refractivity contribution >= 4 is 5.65 Å². The predicted octanol–water partition coefficient (Wildman–Crippen LogP) is 3.12. The van der Waals surface area contributed by atoms with Gasteiger partial charge in [-0.25, -0.2) is 9.50 Å². The molecule has 0 saturated carbocycles. The Labute approximate surface area is 111 Å². The van der Waals surface area contributed by atoms with Gasteiger partial charge < -0.3 is 5.11 Å². The minimum atomic E-state index is -4.53. The first-order valence-electron chi connectivity index (χ1n) is 5.66. The molecule has 7 heteroatoms. The molecule has 0 spiro atoms. The summed E-state index contributed by atoms with van der Waals surface area (Å²) in [6.07, 6.45) is -3.27. The molecular formula is C13H8F3N3O. The van der Waals surface area contributed by atoms with Crippen LogP contribution in [-0.4, -0.2) is 19.7 Å². The molecule has 0 bridgehead atoms. The largest absolute Gasteiger partial charge is 0.508 e. The summed E-state index contributed by atoms with van der Waals surface area (Å²) in [5, 5.41) is 12.8. The van der Waals surface area contributed by atoms with Crippen molar-refractivity contribution in [3.63, 3.8) is 0 Å². The molecule has 0 aliphatic heterocycles. The van der Waals surface area contributed by atoms with Gasteiger partial charge in [0.1, 0.15) is 5.75 Å². The van der Waals surface area contributed by atoms with Crippen molar-refractivity contribution in [2.45, 2.75) is 6.18 Å². The van der Waals surface area contributed by atoms with Crippen LogP contribution < -0.4 is 0 Å². The van der Waals surface area contributed by atoms with Crippen LogP contribution >= 0.6 is 0 Å². The van der Waals surface area contributed by atoms with Crippen LogP contribution in [0.15, 0.2) is 42.6 Å². The highest BCUT2D eigenvalue weighted by atomic mass is 19.4. The number of phenols is 1. The third-order valence-corrected chi connectivity index (χ3v) is 2.81. The summed E-state index contributed by atoms with van der Waals surface area (Å²) in [5.74, 6) is 0.0372. The lowest BCUT2D eigenvalue weighted by Gasteiger charge is -2.11. The fraction of sp³-hybridized carbons (Fsp3) is 0.0769. The topological polar surface area (TPSA) is 50.4 Å². The molecule has 0 aliphatic rings. The zero-order valence-corrected chi connectivity index (χ0v) is 9.96. The Bertz CT molecular complexity index is 763. The van der Waals surface area contributed by atoms with Crippen LogP contribution in [0.4, 0.5) is 13.2 Å². The van der Waals surface area contributed by atoms with Crippen LogP contribution in [0.5, 0.6) is 5.75 Å². The number of nitrogens with zero attached hydrogens (tertiary/aromatic N) is 3. The van der Waals surface area contributed by atoms with Gasteiger partial charge in [-0.1, -0.05) is 0 Å². The number of halogens is 3. The van der Waals surface area contributed by atoms with Crippen molar-refractivity contribution in [3.05, 3.63) is 48.3 Å². The maximum absolute atomic E-state index is 13.0. The Hall–Kier alpha value is -2.57. The Balaban J connectivity index is 2.24. The van der Waals surface area contributed by atoms with Crippen LogP contribution in [0.1, 0.15) is 5.69 Å². The first kappa shape index (κ1) is 12.5. The lowest BCUT2D eigenvalue weighted by Crippen LogP contribution is -2.13. The first-order chi connectivity index (χ1) is 9.45. The second-order valence-corrected chi connectivity index (χ2v) is 4.17. The fourth-order valence-corrected chi connectivity index (χ4v) is 1.89. The summed E-state index contributed by atoms with van der Waals surface area (Å²) in [6, 6.07) is 8.14. The van der Waals surface area contributed by atoms with Gasteiger partial charge in [0, 0.05) is 11.6 Å². The molecule has 3 aromatic rings. The molecule has 0 aliphatic carbocycles. The molecule has 1 aromatic carbocycles. The number of hydrogen-bond acceptors (Lipinski definition) is 3. The molecule has 20 heavy (non-hydrogen) atoms. The molecule has 4 nitrogen and oxygen atoms in total. The number of aromatic hydroxyl groups is 1. The second-order valence-electron chi connectivity index (χ2n) is 4.17. The molecule has 0 amide bonds. The first-order valence-corrected chi connectivity index (χ1v) is 5.66. The van der Waals surface area contributed by atoms with Gasteiger partial charge in [-0.2, -0.15) is 18.3 Å². The molecule has 0 saturated heterocycles. The van der Waals surface area contributed by atoms with E-state index in [0.29, 0.717) is 5.56 Å². The zero-order chi connectivity index (χ0) is 14.3. The van der Waals surface area contributed by atoms with Crippen molar-refractivity contribution in [2.24, 2.45) is 0 Å². The molecule has 3 rings (SSSR count). The number of hydrogen-bond donors (Lipinski definition) is 1. The molecule has 0 atom stereocenters. The van der Waals surface area contributed by atoms with E-state index < -0.39 is 11.9 Å². The lowest BCUT2D eigenvalue weighted by molar-refractivity contribution is -0.142. The third-order valence-electron chi connectivity index (χ3n) is 2.81. The van der Waals surface area contributed by atoms with Crippen LogP contribution in [0.3, 0.4) is 0 Å². The van der Waals surface area contributed by atoms with Gasteiger partial charge >= 0.3 is 6.18 Å². The Morgan fingerprint density at radius 2 is 1.75 bits per heavy atom. The van der Waals surface area contributed by atoms with Crippen molar-refractivity contribution in [1.82, 2.24) is 14.6 Å². The summed E-state index contributed by atoms with van der Waals surface area (Å²) in [5.41, 5.74) is -0.124. The highest BCUT2D eigenvalue weighted by Crippen LogP contribution is 2.32. The fourth-order valence-electron chi connectivity index (χ4n) is 1.89. The van der Waals surface area contributed by atoms with Gasteiger partial charge in [0.25, 0.3) is 0 Å². The standard InChI is InChI=1S/C13H8F3N3O/c14-13(15,16)11-7-10(8-1-3-9(20)4-2-8)18-12-5-6-17-19(11)12/h1-7,20H. The molecule has 0 fully saturated rings. The van der Waals surface area contributed by atoms with E-state index in [1.165, 1.54) is 36.5 Å². The van der Waals surface area contributed by atoms with Gasteiger partial charge in [-0.15, -0.1) is 0 Å². The van der Waals surface area contributed by atoms with Gasteiger partial charge in [-0.05, 0) is 30.3 Å². The van der Waals surface area contributed by atoms with E-state index in [9.17, 15) is 18.3 Å². The van der Waals surface area contributed by atoms with Crippen molar-refractivity contribution < 1.29 is 18.3 Å². The van der Waals surface area contributed by atoms with Crippen molar-refractivity contribution in [2.75, 3.05) is 0 Å². The summed E-state index contributed by atoms with van der Waals surface area (Å²) in [7, 11) is 0. The monoisotopic (exact) mass is 279 g/mol. The smallest absolute Gasteiger partial charge is 0.433 e. The van der Waals surface area contributed by atoms with E-state index >= 15 is 0 Å². The van der Waals surface area contributed by atoms with E-state index in [1.54, 1.807) is 0 Å². The van der Waals surface area contributed by atoms with E-state index in [4.69, 9.17) is 0 Å². The average molecular weight is 279 g/mol. The number of rotatable bonds is 1. The third kappa shape index (κ3) is 2.07. The number of benzene rings is 1. The van der Waals surface area contributed by atoms with Crippen LogP contribution in [0.25, 0.3) is 16.9 Å². The molecule has 102 valence electrons. The normalized spacial score (nSPS) is 11.9. The maximum Gasteiger partial charge on any atom is 0.433 e. The number of alkyl halides is 3. The van der Waals surface area contributed by atoms with Crippen LogP contribution in [0, 0.1) is 0 Å². The maximum atomic E-state index is 13.0. The van der Waals surface area contributed by atoms with E-state index in [0.717, 1.165) is 10.6 Å². The highest BCUT2D eigenvalue weighted by molar-refractivity contribution is 5.63. The van der Waals surface area contributed by atoms with E-state index in [-0.39, 0.29) is 17.1 Å². The molecule has 2 heterocycles. The molecule has 0 radical (unpaired) electrons. The van der Waals surface area contributed by atoms with Gasteiger partial charge in [0.05, 0.1) is 11.9 Å². The number of fused-ring (bicyclic) bond motifs is 1. The number of phenolic OH excluding ortho intramolecular Hbond substituents is 1. The minimum Gasteiger partial charge on any atom is -0.508 e. The Morgan fingerprint density at radius 1 is 1.05 bits per heavy atom. The van der Waals surface area contributed by atoms with Gasteiger partial charge in [0.15, 0.2) is 11.3 Å². The van der Waals surface area contributed by atoms with Crippen molar-refractivity contribution in [1.29, 1.82) is 0 Å². The molecule has 1 N–H and O–H groups in total. The highest BCUT2D eigenvalue weighted by Gasteiger charge is 2.35. The van der Waals surface area contributed by atoms with Gasteiger partial charge in [0.2, 0.25) is 0 Å². The average Bonchev–Trinajstić information content (AvgIpc) is 2.85. The molecular weight excluding hydrogens is 271 g/mol. The van der Waals surface area contributed by atoms with Crippen LogP contribution in [-0.2, 0) is 6.18 Å². The molecule has 2 aromatic heterocycles. The summed E-state index contributed by atoms with van der Waals surface area (Å²) < 4.78 is 39.8. The number of aromatic nitrogens is 3. The quantitative estimate of drug-likeness (QED) is 0.744. The predicted molar refractivity (Wildman–Crippen MR) is 65.1 cm³/mol. The van der Waals surface area contributed by atoms with E-state index in [2.05, 4.69) is 10.1 Å². The zero-order valence-electron chi connectivity index (χ0n) is 9.96. The SMILES string of the molecule is Oc1ccc(-c2cc(C(F)(F)F)n3nccc3n2)cc1. The van der Waals surface area contributed by atoms with E-state index in [1.807, 2.05) is 0 Å². The van der Waals surface area contributed by atoms with Gasteiger partial charge in [-0.3, -0.25) is 0 Å². The summed E-state index contributed by atoms with van der Waals surface area (Å²) >= 11 is 0. The molecule has 0 unspecified atom stereocenters. The van der Waals surface area contributed by atoms with Crippen LogP contribution in [0.2, 0.25) is 0 Å². The minimum absolute atomic E-state index is 0.0372.